The molecule has 3 aromatic rings. The number of rotatable bonds is 6. The Morgan fingerprint density at radius 2 is 1.37 bits per heavy atom. The number of nitrogens with zero attached hydrogens (tertiary/aromatic N) is 2. The molecule has 0 heterocycles. The van der Waals surface area contributed by atoms with E-state index < -0.39 is 12.1 Å². The number of esters is 1. The molecule has 5 heteroatoms. The first-order valence-electron chi connectivity index (χ1n) is 8.40. The Bertz CT molecular complexity index is 908. The minimum atomic E-state index is -0.722. The molecule has 0 bridgehead atoms. The molecule has 5 nitrogen and oxygen atoms in total. The standard InChI is InChI=1S/C22H18N2O3/c1-26-19-14-12-16(13-15-19)20(24-23)22(25)27-21(17-8-4-2-5-9-17)18-10-6-3-7-11-18/h2-15,21H,1H3. The predicted molar refractivity (Wildman–Crippen MR) is 102 cm³/mol. The zero-order valence-corrected chi connectivity index (χ0v) is 14.8. The van der Waals surface area contributed by atoms with E-state index in [0.29, 0.717) is 11.3 Å². The number of methoxy groups -OCH3 is 1. The third kappa shape index (κ3) is 4.29. The predicted octanol–water partition coefficient (Wildman–Crippen LogP) is 4.05. The van der Waals surface area contributed by atoms with Crippen LogP contribution in [0, 0.1) is 0 Å². The van der Waals surface area contributed by atoms with Crippen molar-refractivity contribution in [3.8, 4) is 5.75 Å². The maximum Gasteiger partial charge on any atom is 0.423 e. The summed E-state index contributed by atoms with van der Waals surface area (Å²) in [7, 11) is 1.55. The van der Waals surface area contributed by atoms with Crippen molar-refractivity contribution < 1.29 is 19.1 Å². The van der Waals surface area contributed by atoms with Gasteiger partial charge in [-0.3, -0.25) is 0 Å². The molecule has 3 aromatic carbocycles. The highest BCUT2D eigenvalue weighted by Gasteiger charge is 2.29. The molecule has 0 aliphatic heterocycles. The van der Waals surface area contributed by atoms with E-state index in [1.165, 1.54) is 0 Å². The van der Waals surface area contributed by atoms with E-state index >= 15 is 0 Å². The number of hydrogen-bond acceptors (Lipinski definition) is 3. The molecule has 0 atom stereocenters. The largest absolute Gasteiger partial charge is 0.497 e. The smallest absolute Gasteiger partial charge is 0.423 e. The molecule has 0 aliphatic rings. The van der Waals surface area contributed by atoms with Gasteiger partial charge in [-0.15, -0.1) is 0 Å². The van der Waals surface area contributed by atoms with Gasteiger partial charge >= 0.3 is 11.7 Å². The Hall–Kier alpha value is -3.69. The monoisotopic (exact) mass is 358 g/mol. The summed E-state index contributed by atoms with van der Waals surface area (Å²) in [6.07, 6.45) is -0.616. The van der Waals surface area contributed by atoms with Crippen LogP contribution in [0.1, 0.15) is 22.8 Å². The lowest BCUT2D eigenvalue weighted by Gasteiger charge is -2.17. The van der Waals surface area contributed by atoms with E-state index in [9.17, 15) is 10.3 Å². The van der Waals surface area contributed by atoms with Crippen LogP contribution in [0.5, 0.6) is 5.75 Å². The summed E-state index contributed by atoms with van der Waals surface area (Å²) < 4.78 is 10.8. The lowest BCUT2D eigenvalue weighted by atomic mass is 10.0. The van der Waals surface area contributed by atoms with E-state index in [1.807, 2.05) is 60.7 Å². The van der Waals surface area contributed by atoms with Crippen molar-refractivity contribution in [2.75, 3.05) is 7.11 Å². The van der Waals surface area contributed by atoms with E-state index in [0.717, 1.165) is 11.1 Å². The number of benzene rings is 3. The molecule has 27 heavy (non-hydrogen) atoms. The number of carbonyl (C=O) groups excluding carboxylic acids is 1. The van der Waals surface area contributed by atoms with Crippen LogP contribution in [0.25, 0.3) is 5.53 Å². The summed E-state index contributed by atoms with van der Waals surface area (Å²) >= 11 is 0. The van der Waals surface area contributed by atoms with Gasteiger partial charge in [-0.05, 0) is 35.4 Å². The molecule has 0 aromatic heterocycles. The average Bonchev–Trinajstić information content (AvgIpc) is 2.74. The minimum Gasteiger partial charge on any atom is -0.497 e. The highest BCUT2D eigenvalue weighted by atomic mass is 16.5. The summed E-state index contributed by atoms with van der Waals surface area (Å²) in [4.78, 5) is 15.9. The van der Waals surface area contributed by atoms with Gasteiger partial charge in [0.2, 0.25) is 0 Å². The van der Waals surface area contributed by atoms with Gasteiger partial charge in [-0.2, -0.15) is 4.79 Å². The molecular formula is C22H18N2O3. The topological polar surface area (TPSA) is 71.9 Å². The van der Waals surface area contributed by atoms with Gasteiger partial charge in [-0.25, -0.2) is 4.79 Å². The molecule has 0 unspecified atom stereocenters. The van der Waals surface area contributed by atoms with Crippen LogP contribution < -0.4 is 4.74 Å². The Morgan fingerprint density at radius 3 is 1.81 bits per heavy atom. The van der Waals surface area contributed by atoms with E-state index in [-0.39, 0.29) is 5.71 Å². The molecule has 0 N–H and O–H groups in total. The van der Waals surface area contributed by atoms with Crippen LogP contribution in [0.4, 0.5) is 0 Å². The van der Waals surface area contributed by atoms with Crippen LogP contribution in [0.3, 0.4) is 0 Å². The molecule has 0 aliphatic carbocycles. The van der Waals surface area contributed by atoms with Gasteiger partial charge in [-0.1, -0.05) is 60.7 Å². The Balaban J connectivity index is 1.90. The Kier molecular flexibility index (Phi) is 5.77. The summed E-state index contributed by atoms with van der Waals surface area (Å²) in [6, 6.07) is 25.5. The summed E-state index contributed by atoms with van der Waals surface area (Å²) in [5.74, 6) is -0.0868. The fraction of sp³-hybridized carbons (Fsp3) is 0.0909. The molecule has 0 saturated carbocycles. The van der Waals surface area contributed by atoms with Crippen molar-refractivity contribution in [2.45, 2.75) is 6.10 Å². The molecule has 3 rings (SSSR count). The molecule has 134 valence electrons. The second-order valence-electron chi connectivity index (χ2n) is 5.78. The minimum absolute atomic E-state index is 0.172. The highest BCUT2D eigenvalue weighted by Crippen LogP contribution is 2.26. The van der Waals surface area contributed by atoms with Crippen LogP contribution >= 0.6 is 0 Å². The lowest BCUT2D eigenvalue weighted by molar-refractivity contribution is -0.143. The van der Waals surface area contributed by atoms with Crippen molar-refractivity contribution in [1.29, 1.82) is 0 Å². The zero-order chi connectivity index (χ0) is 19.1. The summed E-state index contributed by atoms with van der Waals surface area (Å²) in [5.41, 5.74) is 11.3. The summed E-state index contributed by atoms with van der Waals surface area (Å²) in [6.45, 7) is 0. The second kappa shape index (κ2) is 8.61. The van der Waals surface area contributed by atoms with Crippen molar-refractivity contribution in [1.82, 2.24) is 0 Å². The Labute approximate surface area is 157 Å². The third-order valence-electron chi connectivity index (χ3n) is 4.09. The molecule has 0 saturated heterocycles. The number of carbonyl (C=O) groups is 1. The lowest BCUT2D eigenvalue weighted by Crippen LogP contribution is -2.23. The molecule has 0 fully saturated rings. The average molecular weight is 358 g/mol. The first-order chi connectivity index (χ1) is 13.2. The Morgan fingerprint density at radius 1 is 0.852 bits per heavy atom. The van der Waals surface area contributed by atoms with Crippen molar-refractivity contribution >= 4 is 11.7 Å². The fourth-order valence-corrected chi connectivity index (χ4v) is 2.71. The quantitative estimate of drug-likeness (QED) is 0.289. The first kappa shape index (κ1) is 18.1. The van der Waals surface area contributed by atoms with Crippen LogP contribution in [0.15, 0.2) is 84.9 Å². The van der Waals surface area contributed by atoms with Crippen molar-refractivity contribution in [3.63, 3.8) is 0 Å². The van der Waals surface area contributed by atoms with Gasteiger partial charge in [0.25, 0.3) is 0 Å². The molecule has 0 amide bonds. The normalized spacial score (nSPS) is 10.1. The van der Waals surface area contributed by atoms with Crippen molar-refractivity contribution in [2.24, 2.45) is 0 Å². The third-order valence-corrected chi connectivity index (χ3v) is 4.09. The SMILES string of the molecule is COc1ccc(C(=[N+]=[N-])C(=O)OC(c2ccccc2)c2ccccc2)cc1. The maximum atomic E-state index is 12.7. The number of ether oxygens (including phenoxy) is 2. The van der Waals surface area contributed by atoms with Gasteiger partial charge in [0.05, 0.1) is 12.7 Å². The van der Waals surface area contributed by atoms with Crippen molar-refractivity contribution in [3.05, 3.63) is 107 Å². The summed E-state index contributed by atoms with van der Waals surface area (Å²) in [5, 5.41) is 0. The van der Waals surface area contributed by atoms with Crippen LogP contribution in [-0.2, 0) is 9.53 Å². The van der Waals surface area contributed by atoms with Gasteiger partial charge in [0.15, 0.2) is 6.10 Å². The molecule has 0 spiro atoms. The van der Waals surface area contributed by atoms with E-state index in [1.54, 1.807) is 31.4 Å². The first-order valence-corrected chi connectivity index (χ1v) is 8.40. The zero-order valence-electron chi connectivity index (χ0n) is 14.8. The molecule has 0 radical (unpaired) electrons. The van der Waals surface area contributed by atoms with Gasteiger partial charge in [0, 0.05) is 0 Å². The maximum absolute atomic E-state index is 12.7. The van der Waals surface area contributed by atoms with Gasteiger partial charge < -0.3 is 15.0 Å². The molecular weight excluding hydrogens is 340 g/mol. The fourth-order valence-electron chi connectivity index (χ4n) is 2.71. The van der Waals surface area contributed by atoms with E-state index in [2.05, 4.69) is 4.79 Å². The second-order valence-corrected chi connectivity index (χ2v) is 5.78. The van der Waals surface area contributed by atoms with Gasteiger partial charge in [0.1, 0.15) is 5.75 Å². The number of hydrogen-bond donors (Lipinski definition) is 0. The van der Waals surface area contributed by atoms with Crippen LogP contribution in [-0.4, -0.2) is 23.6 Å². The van der Waals surface area contributed by atoms with E-state index in [4.69, 9.17) is 9.47 Å². The highest BCUT2D eigenvalue weighted by molar-refractivity contribution is 6.40. The van der Waals surface area contributed by atoms with Crippen LogP contribution in [0.2, 0.25) is 0 Å².